The Labute approximate surface area is 51.9 Å². The molecule has 0 atom stereocenters. The van der Waals surface area contributed by atoms with Gasteiger partial charge in [-0.2, -0.15) is 11.3 Å². The number of hydrogen-bond donors (Lipinski definition) is 1. The van der Waals surface area contributed by atoms with Crippen LogP contribution in [-0.2, 0) is 0 Å². The quantitative estimate of drug-likeness (QED) is 0.572. The van der Waals surface area contributed by atoms with Gasteiger partial charge in [-0.15, -0.1) is 0 Å². The van der Waals surface area contributed by atoms with Gasteiger partial charge in [0.25, 0.3) is 0 Å². The van der Waals surface area contributed by atoms with Crippen molar-refractivity contribution < 1.29 is 5.11 Å². The summed E-state index contributed by atoms with van der Waals surface area (Å²) in [5, 5.41) is 12.5. The lowest BCUT2D eigenvalue weighted by molar-refractivity contribution is 0.514. The van der Waals surface area contributed by atoms with Crippen molar-refractivity contribution in [2.24, 2.45) is 0 Å². The molecule has 8 heavy (non-hydrogen) atoms. The van der Waals surface area contributed by atoms with E-state index in [9.17, 15) is 0 Å². The van der Waals surface area contributed by atoms with E-state index in [1.54, 1.807) is 11.3 Å². The van der Waals surface area contributed by atoms with Crippen LogP contribution in [0.3, 0.4) is 0 Å². The summed E-state index contributed by atoms with van der Waals surface area (Å²) in [4.78, 5) is 0. The molecule has 0 aliphatic carbocycles. The van der Waals surface area contributed by atoms with Crippen molar-refractivity contribution in [3.8, 4) is 0 Å². The van der Waals surface area contributed by atoms with Crippen LogP contribution in [0, 0.1) is 0 Å². The SMILES string of the molecule is C=C(O)c1ccsc1. The highest BCUT2D eigenvalue weighted by Crippen LogP contribution is 2.11. The number of rotatable bonds is 1. The summed E-state index contributed by atoms with van der Waals surface area (Å²) in [5.74, 6) is 0.145. The van der Waals surface area contributed by atoms with Crippen LogP contribution in [0.4, 0.5) is 0 Å². The summed E-state index contributed by atoms with van der Waals surface area (Å²) in [6.45, 7) is 3.36. The Kier molecular flexibility index (Phi) is 1.35. The molecule has 1 aromatic heterocycles. The number of aliphatic hydroxyl groups excluding tert-OH is 1. The first-order valence-electron chi connectivity index (χ1n) is 2.21. The molecule has 1 nitrogen and oxygen atoms in total. The fraction of sp³-hybridized carbons (Fsp3) is 0. The largest absolute Gasteiger partial charge is 0.508 e. The van der Waals surface area contributed by atoms with Crippen molar-refractivity contribution in [1.82, 2.24) is 0 Å². The molecule has 0 saturated carbocycles. The third-order valence-corrected chi connectivity index (χ3v) is 1.54. The molecule has 0 unspecified atom stereocenters. The summed E-state index contributed by atoms with van der Waals surface area (Å²) in [5.41, 5.74) is 0.815. The van der Waals surface area contributed by atoms with Gasteiger partial charge < -0.3 is 5.11 Å². The molecule has 0 saturated heterocycles. The Morgan fingerprint density at radius 3 is 2.75 bits per heavy atom. The molecule has 0 spiro atoms. The highest BCUT2D eigenvalue weighted by molar-refractivity contribution is 7.08. The zero-order chi connectivity index (χ0) is 5.98. The van der Waals surface area contributed by atoms with E-state index in [-0.39, 0.29) is 5.76 Å². The molecule has 1 aromatic rings. The topological polar surface area (TPSA) is 20.2 Å². The average molecular weight is 126 g/mol. The van der Waals surface area contributed by atoms with Gasteiger partial charge in [-0.25, -0.2) is 0 Å². The number of thiophene rings is 1. The predicted molar refractivity (Wildman–Crippen MR) is 36.0 cm³/mol. The maximum atomic E-state index is 8.72. The van der Waals surface area contributed by atoms with E-state index in [1.165, 1.54) is 0 Å². The van der Waals surface area contributed by atoms with Crippen LogP contribution in [0.5, 0.6) is 0 Å². The second-order valence-electron chi connectivity index (χ2n) is 1.46. The average Bonchev–Trinajstić information content (AvgIpc) is 2.12. The van der Waals surface area contributed by atoms with Crippen LogP contribution >= 0.6 is 11.3 Å². The lowest BCUT2D eigenvalue weighted by atomic mass is 10.3. The highest BCUT2D eigenvalue weighted by atomic mass is 32.1. The van der Waals surface area contributed by atoms with E-state index in [1.807, 2.05) is 16.8 Å². The van der Waals surface area contributed by atoms with Crippen LogP contribution in [0.1, 0.15) is 5.56 Å². The van der Waals surface area contributed by atoms with Gasteiger partial charge in [0, 0.05) is 10.9 Å². The minimum atomic E-state index is 0.145. The molecule has 0 amide bonds. The Hall–Kier alpha value is -0.760. The molecule has 0 bridgehead atoms. The maximum Gasteiger partial charge on any atom is 0.116 e. The van der Waals surface area contributed by atoms with E-state index in [4.69, 9.17) is 5.11 Å². The van der Waals surface area contributed by atoms with Gasteiger partial charge in [0.1, 0.15) is 5.76 Å². The molecule has 0 fully saturated rings. The first kappa shape index (κ1) is 5.38. The minimum absolute atomic E-state index is 0.145. The fourth-order valence-corrected chi connectivity index (χ4v) is 1.09. The molecule has 0 aliphatic heterocycles. The number of aliphatic hydroxyl groups is 1. The third-order valence-electron chi connectivity index (χ3n) is 0.854. The Morgan fingerprint density at radius 1 is 1.75 bits per heavy atom. The fourth-order valence-electron chi connectivity index (χ4n) is 0.429. The van der Waals surface area contributed by atoms with Gasteiger partial charge in [0.15, 0.2) is 0 Å². The molecule has 1 rings (SSSR count). The van der Waals surface area contributed by atoms with E-state index < -0.39 is 0 Å². The van der Waals surface area contributed by atoms with Crippen LogP contribution in [-0.4, -0.2) is 5.11 Å². The smallest absolute Gasteiger partial charge is 0.116 e. The molecular weight excluding hydrogens is 120 g/mol. The van der Waals surface area contributed by atoms with E-state index in [0.717, 1.165) is 5.56 Å². The van der Waals surface area contributed by atoms with Crippen LogP contribution in [0.2, 0.25) is 0 Å². The molecular formula is C6H6OS. The van der Waals surface area contributed by atoms with Gasteiger partial charge in [0.05, 0.1) is 0 Å². The first-order chi connectivity index (χ1) is 3.80. The van der Waals surface area contributed by atoms with Gasteiger partial charge in [-0.1, -0.05) is 6.58 Å². The predicted octanol–water partition coefficient (Wildman–Crippen LogP) is 2.28. The molecule has 0 aliphatic rings. The van der Waals surface area contributed by atoms with Crippen LogP contribution in [0.25, 0.3) is 5.76 Å². The van der Waals surface area contributed by atoms with E-state index in [2.05, 4.69) is 6.58 Å². The Morgan fingerprint density at radius 2 is 2.50 bits per heavy atom. The number of hydrogen-bond acceptors (Lipinski definition) is 2. The van der Waals surface area contributed by atoms with Gasteiger partial charge >= 0.3 is 0 Å². The van der Waals surface area contributed by atoms with Crippen LogP contribution < -0.4 is 0 Å². The van der Waals surface area contributed by atoms with Crippen molar-refractivity contribution in [3.05, 3.63) is 29.0 Å². The van der Waals surface area contributed by atoms with Crippen LogP contribution in [0.15, 0.2) is 23.4 Å². The second kappa shape index (κ2) is 2.01. The molecule has 0 aromatic carbocycles. The summed E-state index contributed by atoms with van der Waals surface area (Å²) >= 11 is 1.55. The summed E-state index contributed by atoms with van der Waals surface area (Å²) in [6.07, 6.45) is 0. The monoisotopic (exact) mass is 126 g/mol. The lowest BCUT2D eigenvalue weighted by Crippen LogP contribution is -1.70. The van der Waals surface area contributed by atoms with E-state index >= 15 is 0 Å². The Bertz CT molecular complexity index is 176. The van der Waals surface area contributed by atoms with Crippen molar-refractivity contribution >= 4 is 17.1 Å². The van der Waals surface area contributed by atoms with Crippen molar-refractivity contribution in [3.63, 3.8) is 0 Å². The van der Waals surface area contributed by atoms with Crippen molar-refractivity contribution in [2.75, 3.05) is 0 Å². The molecule has 1 heterocycles. The normalized spacial score (nSPS) is 9.00. The molecule has 2 heteroatoms. The molecule has 1 N–H and O–H groups in total. The van der Waals surface area contributed by atoms with Gasteiger partial charge in [0.2, 0.25) is 0 Å². The zero-order valence-corrected chi connectivity index (χ0v) is 5.11. The second-order valence-corrected chi connectivity index (χ2v) is 2.24. The summed E-state index contributed by atoms with van der Waals surface area (Å²) in [7, 11) is 0. The Balaban J connectivity index is 2.93. The first-order valence-corrected chi connectivity index (χ1v) is 3.15. The van der Waals surface area contributed by atoms with Gasteiger partial charge in [-0.05, 0) is 11.4 Å². The summed E-state index contributed by atoms with van der Waals surface area (Å²) < 4.78 is 0. The van der Waals surface area contributed by atoms with E-state index in [0.29, 0.717) is 0 Å². The van der Waals surface area contributed by atoms with Gasteiger partial charge in [-0.3, -0.25) is 0 Å². The zero-order valence-electron chi connectivity index (χ0n) is 4.29. The highest BCUT2D eigenvalue weighted by Gasteiger charge is 1.91. The molecule has 42 valence electrons. The van der Waals surface area contributed by atoms with Crippen molar-refractivity contribution in [1.29, 1.82) is 0 Å². The molecule has 0 radical (unpaired) electrons. The van der Waals surface area contributed by atoms with Crippen molar-refractivity contribution in [2.45, 2.75) is 0 Å². The standard InChI is InChI=1S/C6H6OS/c1-5(7)6-2-3-8-4-6/h2-4,7H,1H2. The third kappa shape index (κ3) is 0.898. The minimum Gasteiger partial charge on any atom is -0.508 e. The summed E-state index contributed by atoms with van der Waals surface area (Å²) in [6, 6.07) is 1.83. The maximum absolute atomic E-state index is 8.72. The lowest BCUT2D eigenvalue weighted by Gasteiger charge is -1.86.